The molecule has 0 aliphatic heterocycles. The molecule has 0 fully saturated rings. The van der Waals surface area contributed by atoms with Crippen molar-refractivity contribution in [2.75, 3.05) is 0 Å². The van der Waals surface area contributed by atoms with Crippen molar-refractivity contribution in [1.29, 1.82) is 0 Å². The number of aromatic nitrogens is 1. The van der Waals surface area contributed by atoms with E-state index >= 15 is 0 Å². The normalized spacial score (nSPS) is 11.2. The first-order valence-corrected chi connectivity index (χ1v) is 8.99. The molecule has 1 aromatic heterocycles. The number of aryl methyl sites for hydroxylation is 1. The van der Waals surface area contributed by atoms with Crippen LogP contribution in [0.25, 0.3) is 5.69 Å². The van der Waals surface area contributed by atoms with Gasteiger partial charge in [0.15, 0.2) is 0 Å². The number of carboxylic acid groups (broad SMARTS) is 1. The molecule has 0 aliphatic rings. The van der Waals surface area contributed by atoms with Crippen LogP contribution in [0.5, 0.6) is 0 Å². The Morgan fingerprint density at radius 2 is 1.81 bits per heavy atom. The highest BCUT2D eigenvalue weighted by atomic mass is 79.9. The largest absolute Gasteiger partial charge is 0.478 e. The van der Waals surface area contributed by atoms with Crippen molar-refractivity contribution in [2.45, 2.75) is 20.8 Å². The lowest BCUT2D eigenvalue weighted by Crippen LogP contribution is -2.00. The van der Waals surface area contributed by atoms with Crippen LogP contribution in [0.1, 0.15) is 32.9 Å². The van der Waals surface area contributed by atoms with E-state index in [0.29, 0.717) is 11.3 Å². The summed E-state index contributed by atoms with van der Waals surface area (Å²) >= 11 is 3.46. The lowest BCUT2D eigenvalue weighted by atomic mass is 10.1. The summed E-state index contributed by atoms with van der Waals surface area (Å²) < 4.78 is 3.22. The van der Waals surface area contributed by atoms with Gasteiger partial charge in [-0.05, 0) is 68.8 Å². The van der Waals surface area contributed by atoms with Crippen LogP contribution in [0.3, 0.4) is 0 Å². The van der Waals surface area contributed by atoms with Gasteiger partial charge in [-0.15, -0.1) is 0 Å². The maximum atomic E-state index is 11.3. The van der Waals surface area contributed by atoms with Gasteiger partial charge < -0.3 is 9.67 Å². The summed E-state index contributed by atoms with van der Waals surface area (Å²) in [6.45, 7) is 5.89. The SMILES string of the molecule is Cc1c(N=Cc2cc(C)n(-c3ccc(Br)cc3)c2C)cccc1C(=O)O. The molecular weight excluding hydrogens is 392 g/mol. The number of halogens is 1. The average molecular weight is 411 g/mol. The average Bonchev–Trinajstić information content (AvgIpc) is 2.88. The van der Waals surface area contributed by atoms with Crippen molar-refractivity contribution in [1.82, 2.24) is 4.57 Å². The molecule has 132 valence electrons. The minimum atomic E-state index is -0.937. The fourth-order valence-electron chi connectivity index (χ4n) is 3.04. The third-order valence-corrected chi connectivity index (χ3v) is 4.96. The number of carbonyl (C=O) groups is 1. The fraction of sp³-hybridized carbons (Fsp3) is 0.143. The second kappa shape index (κ2) is 7.30. The van der Waals surface area contributed by atoms with Crippen LogP contribution in [-0.4, -0.2) is 21.9 Å². The van der Waals surface area contributed by atoms with Crippen LogP contribution in [0.2, 0.25) is 0 Å². The Bertz CT molecular complexity index is 1000. The third kappa shape index (κ3) is 3.48. The molecule has 1 heterocycles. The predicted octanol–water partition coefficient (Wildman–Crippen LogP) is 5.61. The molecule has 0 amide bonds. The first kappa shape index (κ1) is 18.1. The highest BCUT2D eigenvalue weighted by molar-refractivity contribution is 9.10. The molecule has 3 rings (SSSR count). The Balaban J connectivity index is 1.98. The summed E-state index contributed by atoms with van der Waals surface area (Å²) in [5, 5.41) is 9.25. The maximum Gasteiger partial charge on any atom is 0.336 e. The molecule has 0 unspecified atom stereocenters. The highest BCUT2D eigenvalue weighted by Gasteiger charge is 2.11. The fourth-order valence-corrected chi connectivity index (χ4v) is 3.30. The van der Waals surface area contributed by atoms with Gasteiger partial charge in [0.05, 0.1) is 11.3 Å². The van der Waals surface area contributed by atoms with E-state index in [-0.39, 0.29) is 5.56 Å². The van der Waals surface area contributed by atoms with E-state index in [0.717, 1.165) is 27.1 Å². The van der Waals surface area contributed by atoms with Gasteiger partial charge in [-0.25, -0.2) is 4.79 Å². The molecule has 0 bridgehead atoms. The predicted molar refractivity (Wildman–Crippen MR) is 108 cm³/mol. The first-order valence-electron chi connectivity index (χ1n) is 8.20. The van der Waals surface area contributed by atoms with Crippen molar-refractivity contribution in [2.24, 2.45) is 4.99 Å². The third-order valence-electron chi connectivity index (χ3n) is 4.43. The molecular formula is C21H19BrN2O2. The monoisotopic (exact) mass is 410 g/mol. The summed E-state index contributed by atoms with van der Waals surface area (Å²) in [5.41, 5.74) is 5.90. The van der Waals surface area contributed by atoms with Gasteiger partial charge in [0.1, 0.15) is 0 Å². The zero-order valence-electron chi connectivity index (χ0n) is 14.8. The highest BCUT2D eigenvalue weighted by Crippen LogP contribution is 2.24. The van der Waals surface area contributed by atoms with Crippen molar-refractivity contribution in [3.8, 4) is 5.69 Å². The zero-order chi connectivity index (χ0) is 18.8. The van der Waals surface area contributed by atoms with Crippen LogP contribution in [0.15, 0.2) is 58.0 Å². The number of carboxylic acids is 1. The number of aliphatic imine (C=N–C) groups is 1. The van der Waals surface area contributed by atoms with E-state index < -0.39 is 5.97 Å². The Morgan fingerprint density at radius 3 is 2.46 bits per heavy atom. The van der Waals surface area contributed by atoms with Gasteiger partial charge in [0, 0.05) is 33.3 Å². The molecule has 2 aromatic carbocycles. The van der Waals surface area contributed by atoms with E-state index in [4.69, 9.17) is 0 Å². The summed E-state index contributed by atoms with van der Waals surface area (Å²) in [7, 11) is 0. The summed E-state index contributed by atoms with van der Waals surface area (Å²) in [6, 6.07) is 15.4. The van der Waals surface area contributed by atoms with E-state index in [2.05, 4.69) is 57.5 Å². The molecule has 0 spiro atoms. The number of nitrogens with zero attached hydrogens (tertiary/aromatic N) is 2. The second-order valence-electron chi connectivity index (χ2n) is 6.15. The quantitative estimate of drug-likeness (QED) is 0.567. The Morgan fingerprint density at radius 1 is 1.12 bits per heavy atom. The summed E-state index contributed by atoms with van der Waals surface area (Å²) in [4.78, 5) is 15.8. The van der Waals surface area contributed by atoms with Gasteiger partial charge >= 0.3 is 5.97 Å². The van der Waals surface area contributed by atoms with Crippen molar-refractivity contribution < 1.29 is 9.90 Å². The number of hydrogen-bond acceptors (Lipinski definition) is 2. The van der Waals surface area contributed by atoms with Crippen LogP contribution < -0.4 is 0 Å². The van der Waals surface area contributed by atoms with Crippen LogP contribution in [-0.2, 0) is 0 Å². The molecule has 0 atom stereocenters. The summed E-state index contributed by atoms with van der Waals surface area (Å²) in [5.74, 6) is -0.937. The standard InChI is InChI=1S/C21H19BrN2O2/c1-13-11-16(15(3)24(13)18-9-7-17(22)8-10-18)12-23-20-6-4-5-19(14(20)2)21(25)26/h4-12H,1-3H3,(H,25,26). The van der Waals surface area contributed by atoms with Gasteiger partial charge in [0.25, 0.3) is 0 Å². The lowest BCUT2D eigenvalue weighted by Gasteiger charge is -2.09. The maximum absolute atomic E-state index is 11.3. The van der Waals surface area contributed by atoms with Crippen LogP contribution in [0, 0.1) is 20.8 Å². The number of aromatic carboxylic acids is 1. The number of benzene rings is 2. The topological polar surface area (TPSA) is 54.6 Å². The van der Waals surface area contributed by atoms with E-state index in [1.807, 2.05) is 18.2 Å². The van der Waals surface area contributed by atoms with Crippen molar-refractivity contribution >= 4 is 33.8 Å². The van der Waals surface area contributed by atoms with E-state index in [1.54, 1.807) is 25.3 Å². The smallest absolute Gasteiger partial charge is 0.336 e. The van der Waals surface area contributed by atoms with Crippen LogP contribution >= 0.6 is 15.9 Å². The molecule has 0 aliphatic carbocycles. The van der Waals surface area contributed by atoms with Crippen LogP contribution in [0.4, 0.5) is 5.69 Å². The lowest BCUT2D eigenvalue weighted by molar-refractivity contribution is 0.0696. The second-order valence-corrected chi connectivity index (χ2v) is 7.07. The van der Waals surface area contributed by atoms with Gasteiger partial charge in [0.2, 0.25) is 0 Å². The van der Waals surface area contributed by atoms with Crippen molar-refractivity contribution in [3.05, 3.63) is 81.1 Å². The molecule has 4 nitrogen and oxygen atoms in total. The number of hydrogen-bond donors (Lipinski definition) is 1. The molecule has 0 saturated carbocycles. The van der Waals surface area contributed by atoms with Gasteiger partial charge in [-0.2, -0.15) is 0 Å². The van der Waals surface area contributed by atoms with Crippen molar-refractivity contribution in [3.63, 3.8) is 0 Å². The number of rotatable bonds is 4. The summed E-state index contributed by atoms with van der Waals surface area (Å²) in [6.07, 6.45) is 1.80. The Hall–Kier alpha value is -2.66. The first-order chi connectivity index (χ1) is 12.4. The van der Waals surface area contributed by atoms with E-state index in [9.17, 15) is 9.90 Å². The molecule has 1 N–H and O–H groups in total. The minimum absolute atomic E-state index is 0.278. The minimum Gasteiger partial charge on any atom is -0.478 e. The molecule has 5 heteroatoms. The van der Waals surface area contributed by atoms with Gasteiger partial charge in [-0.1, -0.05) is 22.0 Å². The molecule has 0 saturated heterocycles. The molecule has 0 radical (unpaired) electrons. The van der Waals surface area contributed by atoms with Gasteiger partial charge in [-0.3, -0.25) is 4.99 Å². The molecule has 3 aromatic rings. The zero-order valence-corrected chi connectivity index (χ0v) is 16.4. The molecule has 26 heavy (non-hydrogen) atoms. The Kier molecular flexibility index (Phi) is 5.09. The van der Waals surface area contributed by atoms with E-state index in [1.165, 1.54) is 0 Å². The Labute approximate surface area is 161 Å².